The third-order valence-electron chi connectivity index (χ3n) is 5.44. The van der Waals surface area contributed by atoms with Crippen molar-refractivity contribution >= 4 is 16.9 Å². The van der Waals surface area contributed by atoms with E-state index in [4.69, 9.17) is 4.98 Å². The van der Waals surface area contributed by atoms with Gasteiger partial charge in [0.1, 0.15) is 5.69 Å². The van der Waals surface area contributed by atoms with Crippen molar-refractivity contribution in [3.63, 3.8) is 0 Å². The summed E-state index contributed by atoms with van der Waals surface area (Å²) in [5, 5.41) is 8.33. The molecule has 0 aliphatic carbocycles. The van der Waals surface area contributed by atoms with Crippen LogP contribution in [0.5, 0.6) is 0 Å². The summed E-state index contributed by atoms with van der Waals surface area (Å²) in [5.74, 6) is -0.140. The summed E-state index contributed by atoms with van der Waals surface area (Å²) in [7, 11) is 1.83. The molecular weight excluding hydrogens is 390 g/mol. The minimum absolute atomic E-state index is 0.0552. The highest BCUT2D eigenvalue weighted by atomic mass is 16.2. The Bertz CT molecular complexity index is 1190. The SMILES string of the molecule is CC[C@@H](CCc1ccc2ncccc2n1)N(C)C(=O)c1nc(C)ccc1-n1nccn1. The van der Waals surface area contributed by atoms with Crippen LogP contribution in [0.2, 0.25) is 0 Å². The van der Waals surface area contributed by atoms with E-state index in [9.17, 15) is 4.79 Å². The zero-order valence-corrected chi connectivity index (χ0v) is 17.9. The molecule has 1 amide bonds. The number of hydrogen-bond donors (Lipinski definition) is 0. The van der Waals surface area contributed by atoms with Crippen molar-refractivity contribution in [1.82, 2.24) is 34.8 Å². The molecule has 0 saturated heterocycles. The maximum atomic E-state index is 13.4. The van der Waals surface area contributed by atoms with Crippen LogP contribution in [0.4, 0.5) is 0 Å². The number of carbonyl (C=O) groups excluding carboxylic acids is 1. The highest BCUT2D eigenvalue weighted by Gasteiger charge is 2.24. The Labute approximate surface area is 181 Å². The fourth-order valence-electron chi connectivity index (χ4n) is 3.67. The van der Waals surface area contributed by atoms with E-state index < -0.39 is 0 Å². The molecule has 0 aliphatic rings. The lowest BCUT2D eigenvalue weighted by Crippen LogP contribution is -2.38. The summed E-state index contributed by atoms with van der Waals surface area (Å²) in [5.41, 5.74) is 4.47. The quantitative estimate of drug-likeness (QED) is 0.460. The Balaban J connectivity index is 1.52. The number of aromatic nitrogens is 6. The van der Waals surface area contributed by atoms with E-state index in [-0.39, 0.29) is 11.9 Å². The van der Waals surface area contributed by atoms with Crippen molar-refractivity contribution < 1.29 is 4.79 Å². The van der Waals surface area contributed by atoms with E-state index in [0.717, 1.165) is 41.7 Å². The maximum Gasteiger partial charge on any atom is 0.274 e. The Morgan fingerprint density at radius 2 is 1.84 bits per heavy atom. The predicted octanol–water partition coefficient (Wildman–Crippen LogP) is 3.40. The number of hydrogen-bond acceptors (Lipinski definition) is 6. The van der Waals surface area contributed by atoms with Gasteiger partial charge in [0.25, 0.3) is 5.91 Å². The molecule has 4 rings (SSSR count). The van der Waals surface area contributed by atoms with E-state index in [1.54, 1.807) is 23.5 Å². The highest BCUT2D eigenvalue weighted by molar-refractivity contribution is 5.95. The summed E-state index contributed by atoms with van der Waals surface area (Å²) < 4.78 is 0. The number of fused-ring (bicyclic) bond motifs is 1. The van der Waals surface area contributed by atoms with Crippen LogP contribution in [0.25, 0.3) is 16.7 Å². The van der Waals surface area contributed by atoms with Crippen molar-refractivity contribution in [2.24, 2.45) is 0 Å². The molecule has 0 radical (unpaired) electrons. The summed E-state index contributed by atoms with van der Waals surface area (Å²) >= 11 is 0. The van der Waals surface area contributed by atoms with Crippen molar-refractivity contribution in [1.29, 1.82) is 0 Å². The number of nitrogens with zero attached hydrogens (tertiary/aromatic N) is 7. The monoisotopic (exact) mass is 415 g/mol. The Kier molecular flexibility index (Phi) is 5.97. The van der Waals surface area contributed by atoms with Gasteiger partial charge in [-0.2, -0.15) is 10.2 Å². The minimum Gasteiger partial charge on any atom is -0.337 e. The maximum absolute atomic E-state index is 13.4. The Morgan fingerprint density at radius 1 is 1.03 bits per heavy atom. The first-order chi connectivity index (χ1) is 15.1. The van der Waals surface area contributed by atoms with Gasteiger partial charge in [-0.25, -0.2) is 4.98 Å². The van der Waals surface area contributed by atoms with Gasteiger partial charge < -0.3 is 4.90 Å². The van der Waals surface area contributed by atoms with Crippen molar-refractivity contribution in [3.8, 4) is 5.69 Å². The predicted molar refractivity (Wildman–Crippen MR) is 118 cm³/mol. The smallest absolute Gasteiger partial charge is 0.274 e. The van der Waals surface area contributed by atoms with Gasteiger partial charge in [-0.3, -0.25) is 14.8 Å². The Hall–Kier alpha value is -3.68. The lowest BCUT2D eigenvalue weighted by atomic mass is 10.0. The fourth-order valence-corrected chi connectivity index (χ4v) is 3.67. The van der Waals surface area contributed by atoms with Crippen LogP contribution in [0, 0.1) is 6.92 Å². The first kappa shape index (κ1) is 20.6. The average molecular weight is 416 g/mol. The van der Waals surface area contributed by atoms with E-state index in [1.807, 2.05) is 50.4 Å². The van der Waals surface area contributed by atoms with Crippen LogP contribution < -0.4 is 0 Å². The second-order valence-corrected chi connectivity index (χ2v) is 7.50. The number of amides is 1. The van der Waals surface area contributed by atoms with Crippen LogP contribution in [0.1, 0.15) is 41.6 Å². The zero-order chi connectivity index (χ0) is 21.8. The molecule has 0 bridgehead atoms. The molecule has 4 aromatic rings. The van der Waals surface area contributed by atoms with Gasteiger partial charge in [0.05, 0.1) is 23.4 Å². The van der Waals surface area contributed by atoms with Gasteiger partial charge in [0.2, 0.25) is 0 Å². The molecule has 0 fully saturated rings. The number of carbonyl (C=O) groups is 1. The van der Waals surface area contributed by atoms with Gasteiger partial charge in [-0.15, -0.1) is 4.80 Å². The van der Waals surface area contributed by atoms with E-state index in [0.29, 0.717) is 11.4 Å². The molecule has 1 atom stereocenters. The van der Waals surface area contributed by atoms with Gasteiger partial charge in [-0.05, 0) is 62.6 Å². The molecular formula is C23H25N7O. The molecule has 4 aromatic heterocycles. The molecule has 158 valence electrons. The van der Waals surface area contributed by atoms with E-state index >= 15 is 0 Å². The average Bonchev–Trinajstić information content (AvgIpc) is 3.33. The van der Waals surface area contributed by atoms with Crippen LogP contribution in [-0.4, -0.2) is 53.8 Å². The first-order valence-corrected chi connectivity index (χ1v) is 10.4. The second kappa shape index (κ2) is 8.99. The molecule has 4 heterocycles. The standard InChI is InChI=1S/C23H25N7O/c1-4-18(10-8-17-9-11-19-20(28-17)6-5-13-24-19)29(3)23(31)22-21(12-7-16(2)27-22)30-25-14-15-26-30/h5-7,9,11-15,18H,4,8,10H2,1-3H3/t18-/m0/s1. The molecule has 0 saturated carbocycles. The number of pyridine rings is 3. The number of aryl methyl sites for hydroxylation is 2. The Morgan fingerprint density at radius 3 is 2.61 bits per heavy atom. The molecule has 0 spiro atoms. The lowest BCUT2D eigenvalue weighted by molar-refractivity contribution is 0.0713. The number of rotatable bonds is 7. The third-order valence-corrected chi connectivity index (χ3v) is 5.44. The summed E-state index contributed by atoms with van der Waals surface area (Å²) in [6.45, 7) is 3.96. The molecule has 8 nitrogen and oxygen atoms in total. The molecule has 0 N–H and O–H groups in total. The van der Waals surface area contributed by atoms with Gasteiger partial charge in [0, 0.05) is 30.7 Å². The molecule has 0 aromatic carbocycles. The topological polar surface area (TPSA) is 89.7 Å². The molecule has 8 heteroatoms. The zero-order valence-electron chi connectivity index (χ0n) is 17.9. The molecule has 0 unspecified atom stereocenters. The molecule has 31 heavy (non-hydrogen) atoms. The van der Waals surface area contributed by atoms with Gasteiger partial charge in [-0.1, -0.05) is 6.92 Å². The fraction of sp³-hybridized carbons (Fsp3) is 0.304. The van der Waals surface area contributed by atoms with Gasteiger partial charge >= 0.3 is 0 Å². The summed E-state index contributed by atoms with van der Waals surface area (Å²) in [6, 6.07) is 11.6. The summed E-state index contributed by atoms with van der Waals surface area (Å²) in [4.78, 5) is 30.1. The van der Waals surface area contributed by atoms with Crippen LogP contribution in [-0.2, 0) is 6.42 Å². The van der Waals surface area contributed by atoms with E-state index in [2.05, 4.69) is 27.1 Å². The first-order valence-electron chi connectivity index (χ1n) is 10.4. The van der Waals surface area contributed by atoms with Crippen molar-refractivity contribution in [3.05, 3.63) is 72.1 Å². The van der Waals surface area contributed by atoms with Crippen LogP contribution in [0.3, 0.4) is 0 Å². The van der Waals surface area contributed by atoms with Gasteiger partial charge in [0.15, 0.2) is 5.69 Å². The van der Waals surface area contributed by atoms with Crippen molar-refractivity contribution in [2.75, 3.05) is 7.05 Å². The lowest BCUT2D eigenvalue weighted by Gasteiger charge is -2.27. The van der Waals surface area contributed by atoms with Crippen molar-refractivity contribution in [2.45, 2.75) is 39.2 Å². The van der Waals surface area contributed by atoms with Crippen LogP contribution >= 0.6 is 0 Å². The summed E-state index contributed by atoms with van der Waals surface area (Å²) in [6.07, 6.45) is 7.34. The van der Waals surface area contributed by atoms with E-state index in [1.165, 1.54) is 4.80 Å². The normalized spacial score (nSPS) is 12.1. The molecule has 0 aliphatic heterocycles. The largest absolute Gasteiger partial charge is 0.337 e. The second-order valence-electron chi connectivity index (χ2n) is 7.50. The third kappa shape index (κ3) is 4.42. The van der Waals surface area contributed by atoms with Crippen LogP contribution in [0.15, 0.2) is 55.0 Å². The highest BCUT2D eigenvalue weighted by Crippen LogP contribution is 2.19. The minimum atomic E-state index is -0.140.